The predicted octanol–water partition coefficient (Wildman–Crippen LogP) is 3.09. The summed E-state index contributed by atoms with van der Waals surface area (Å²) in [7, 11) is -3.69. The van der Waals surface area contributed by atoms with Crippen LogP contribution in [0.15, 0.2) is 41.4 Å². The fraction of sp³-hybridized carbons (Fsp3) is 0.458. The van der Waals surface area contributed by atoms with Crippen LogP contribution in [0.25, 0.3) is 11.0 Å². The molecule has 3 aromatic rings. The molecule has 1 aromatic carbocycles. The van der Waals surface area contributed by atoms with Gasteiger partial charge in [0.25, 0.3) is 5.91 Å². The van der Waals surface area contributed by atoms with Gasteiger partial charge >= 0.3 is 0 Å². The predicted molar refractivity (Wildman–Crippen MR) is 129 cm³/mol. The second-order valence-corrected chi connectivity index (χ2v) is 10.9. The number of fused-ring (bicyclic) bond motifs is 1. The van der Waals surface area contributed by atoms with Crippen molar-refractivity contribution in [2.75, 3.05) is 26.3 Å². The van der Waals surface area contributed by atoms with Gasteiger partial charge in [0.2, 0.25) is 10.0 Å². The number of morpholine rings is 1. The maximum Gasteiger partial charge on any atom is 0.252 e. The quantitative estimate of drug-likeness (QED) is 0.551. The molecule has 34 heavy (non-hydrogen) atoms. The van der Waals surface area contributed by atoms with E-state index in [2.05, 4.69) is 10.4 Å². The lowest BCUT2D eigenvalue weighted by molar-refractivity contribution is 0.0730. The smallest absolute Gasteiger partial charge is 0.252 e. The number of carbonyl (C=O) groups excluding carboxylic acids is 1. The van der Waals surface area contributed by atoms with Crippen LogP contribution in [0.5, 0.6) is 0 Å². The summed E-state index contributed by atoms with van der Waals surface area (Å²) in [6.45, 7) is 9.54. The molecule has 4 rings (SSSR count). The van der Waals surface area contributed by atoms with Gasteiger partial charge in [-0.2, -0.15) is 9.40 Å². The van der Waals surface area contributed by atoms with E-state index in [9.17, 15) is 13.2 Å². The van der Waals surface area contributed by atoms with Crippen molar-refractivity contribution in [1.29, 1.82) is 0 Å². The summed E-state index contributed by atoms with van der Waals surface area (Å²) >= 11 is 0. The van der Waals surface area contributed by atoms with Crippen LogP contribution in [0.3, 0.4) is 0 Å². The first-order valence-electron chi connectivity index (χ1n) is 11.5. The van der Waals surface area contributed by atoms with Crippen molar-refractivity contribution in [2.45, 2.75) is 51.1 Å². The van der Waals surface area contributed by atoms with Crippen LogP contribution in [0.2, 0.25) is 0 Å². The van der Waals surface area contributed by atoms with Crippen LogP contribution in [-0.2, 0) is 21.3 Å². The minimum absolute atomic E-state index is 0.0811. The summed E-state index contributed by atoms with van der Waals surface area (Å²) in [6, 6.07) is 8.67. The number of ether oxygens (including phenoxy) is 1. The van der Waals surface area contributed by atoms with Gasteiger partial charge in [-0.1, -0.05) is 32.0 Å². The first-order chi connectivity index (χ1) is 16.2. The molecule has 1 saturated heterocycles. The molecule has 2 aromatic heterocycles. The number of benzene rings is 1. The zero-order valence-corrected chi connectivity index (χ0v) is 20.8. The van der Waals surface area contributed by atoms with Gasteiger partial charge in [-0.05, 0) is 37.5 Å². The van der Waals surface area contributed by atoms with Crippen molar-refractivity contribution in [2.24, 2.45) is 0 Å². The molecule has 9 nitrogen and oxygen atoms in total. The molecule has 0 bridgehead atoms. The van der Waals surface area contributed by atoms with Gasteiger partial charge in [0.15, 0.2) is 5.65 Å². The normalized spacial score (nSPS) is 15.4. The van der Waals surface area contributed by atoms with Crippen molar-refractivity contribution in [3.8, 4) is 0 Å². The Kier molecular flexibility index (Phi) is 7.01. The Morgan fingerprint density at radius 1 is 1.15 bits per heavy atom. The highest BCUT2D eigenvalue weighted by Crippen LogP contribution is 2.25. The standard InChI is InChI=1S/C24H31N5O4S/c1-16(2)21-13-19(20-15-26-29(17(3)4)23(20)27-21)24(30)25-14-18-7-5-6-8-22(18)34(31,32)28-9-11-33-12-10-28/h5-8,13,15-17H,9-12,14H2,1-4H3,(H,25,30). The van der Waals surface area contributed by atoms with Crippen LogP contribution in [-0.4, -0.2) is 59.7 Å². The Hall–Kier alpha value is -2.82. The first-order valence-corrected chi connectivity index (χ1v) is 13.0. The van der Waals surface area contributed by atoms with Crippen molar-refractivity contribution in [3.63, 3.8) is 0 Å². The van der Waals surface area contributed by atoms with E-state index in [4.69, 9.17) is 9.72 Å². The molecule has 1 amide bonds. The Morgan fingerprint density at radius 3 is 2.53 bits per heavy atom. The molecule has 3 heterocycles. The number of hydrogen-bond acceptors (Lipinski definition) is 6. The third kappa shape index (κ3) is 4.70. The molecule has 182 valence electrons. The number of nitrogens with zero attached hydrogens (tertiary/aromatic N) is 4. The lowest BCUT2D eigenvalue weighted by atomic mass is 10.0. The zero-order valence-electron chi connectivity index (χ0n) is 20.0. The number of sulfonamides is 1. The van der Waals surface area contributed by atoms with Crippen LogP contribution in [0.4, 0.5) is 0 Å². The van der Waals surface area contributed by atoms with Crippen molar-refractivity contribution >= 4 is 27.0 Å². The Morgan fingerprint density at radius 2 is 1.85 bits per heavy atom. The van der Waals surface area contributed by atoms with Crippen LogP contribution >= 0.6 is 0 Å². The highest BCUT2D eigenvalue weighted by atomic mass is 32.2. The van der Waals surface area contributed by atoms with E-state index in [1.807, 2.05) is 32.4 Å². The SMILES string of the molecule is CC(C)c1cc(C(=O)NCc2ccccc2S(=O)(=O)N2CCOCC2)c2cnn(C(C)C)c2n1. The fourth-order valence-electron chi connectivity index (χ4n) is 4.00. The fourth-order valence-corrected chi connectivity index (χ4v) is 5.63. The second kappa shape index (κ2) is 9.81. The maximum absolute atomic E-state index is 13.3. The third-order valence-corrected chi connectivity index (χ3v) is 7.91. The number of hydrogen-bond donors (Lipinski definition) is 1. The lowest BCUT2D eigenvalue weighted by Gasteiger charge is -2.27. The number of amides is 1. The maximum atomic E-state index is 13.3. The third-order valence-electron chi connectivity index (χ3n) is 5.91. The molecular weight excluding hydrogens is 454 g/mol. The number of pyridine rings is 1. The van der Waals surface area contributed by atoms with E-state index in [0.717, 1.165) is 5.69 Å². The van der Waals surface area contributed by atoms with Gasteiger partial charge in [0.1, 0.15) is 0 Å². The molecule has 10 heteroatoms. The topological polar surface area (TPSA) is 106 Å². The number of nitrogens with one attached hydrogen (secondary N) is 1. The number of aromatic nitrogens is 3. The molecule has 1 aliphatic heterocycles. The Balaban J connectivity index is 1.63. The highest BCUT2D eigenvalue weighted by Gasteiger charge is 2.28. The highest BCUT2D eigenvalue weighted by molar-refractivity contribution is 7.89. The summed E-state index contributed by atoms with van der Waals surface area (Å²) in [5.41, 5.74) is 2.49. The molecule has 0 atom stereocenters. The molecule has 1 fully saturated rings. The minimum atomic E-state index is -3.69. The summed E-state index contributed by atoms with van der Waals surface area (Å²) in [6.07, 6.45) is 1.66. The Labute approximate surface area is 200 Å². The van der Waals surface area contributed by atoms with Crippen LogP contribution in [0, 0.1) is 0 Å². The van der Waals surface area contributed by atoms with Gasteiger partial charge < -0.3 is 10.1 Å². The average Bonchev–Trinajstić information content (AvgIpc) is 3.27. The van der Waals surface area contributed by atoms with Crippen molar-refractivity contribution in [3.05, 3.63) is 53.3 Å². The monoisotopic (exact) mass is 485 g/mol. The van der Waals surface area contributed by atoms with Crippen LogP contribution in [0.1, 0.15) is 61.3 Å². The molecule has 0 aliphatic carbocycles. The van der Waals surface area contributed by atoms with E-state index >= 15 is 0 Å². The van der Waals surface area contributed by atoms with Crippen molar-refractivity contribution < 1.29 is 17.9 Å². The van der Waals surface area contributed by atoms with Gasteiger partial charge in [0.05, 0.1) is 35.3 Å². The summed E-state index contributed by atoms with van der Waals surface area (Å²) in [4.78, 5) is 18.2. The van der Waals surface area contributed by atoms with E-state index in [1.54, 1.807) is 36.5 Å². The minimum Gasteiger partial charge on any atom is -0.379 e. The van der Waals surface area contributed by atoms with Gasteiger partial charge in [-0.25, -0.2) is 18.1 Å². The largest absolute Gasteiger partial charge is 0.379 e. The average molecular weight is 486 g/mol. The van der Waals surface area contributed by atoms with Gasteiger partial charge in [-0.3, -0.25) is 4.79 Å². The second-order valence-electron chi connectivity index (χ2n) is 8.98. The molecule has 0 spiro atoms. The van der Waals surface area contributed by atoms with Crippen molar-refractivity contribution in [1.82, 2.24) is 24.4 Å². The Bertz CT molecular complexity index is 1290. The molecular formula is C24H31N5O4S. The van der Waals surface area contributed by atoms with Crippen LogP contribution < -0.4 is 5.32 Å². The molecule has 0 unspecified atom stereocenters. The zero-order chi connectivity index (χ0) is 24.5. The van der Waals surface area contributed by atoms with E-state index < -0.39 is 10.0 Å². The van der Waals surface area contributed by atoms with Gasteiger partial charge in [0, 0.05) is 31.4 Å². The first kappa shape index (κ1) is 24.3. The van der Waals surface area contributed by atoms with E-state index in [0.29, 0.717) is 48.5 Å². The summed E-state index contributed by atoms with van der Waals surface area (Å²) in [5.74, 6) is -0.165. The summed E-state index contributed by atoms with van der Waals surface area (Å²) in [5, 5.41) is 8.02. The van der Waals surface area contributed by atoms with Gasteiger partial charge in [-0.15, -0.1) is 0 Å². The molecule has 0 radical (unpaired) electrons. The molecule has 1 N–H and O–H groups in total. The molecule has 1 aliphatic rings. The number of rotatable bonds is 7. The van der Waals surface area contributed by atoms with E-state index in [-0.39, 0.29) is 29.3 Å². The lowest BCUT2D eigenvalue weighted by Crippen LogP contribution is -2.41. The molecule has 0 saturated carbocycles. The number of carbonyl (C=O) groups is 1. The summed E-state index contributed by atoms with van der Waals surface area (Å²) < 4.78 is 35.0. The van der Waals surface area contributed by atoms with E-state index in [1.165, 1.54) is 4.31 Å².